The lowest BCUT2D eigenvalue weighted by molar-refractivity contribution is 0.0953. The molecular weight excluding hydrogens is 320 g/mol. The Morgan fingerprint density at radius 1 is 1.04 bits per heavy atom. The van der Waals surface area contributed by atoms with Crippen molar-refractivity contribution in [3.8, 4) is 5.75 Å². The van der Waals surface area contributed by atoms with Crippen molar-refractivity contribution in [3.63, 3.8) is 0 Å². The number of hydrogen-bond donors (Lipinski definition) is 1. The molecule has 1 heterocycles. The number of phenolic OH excluding ortho intramolecular Hbond substituents is 1. The van der Waals surface area contributed by atoms with Gasteiger partial charge in [-0.25, -0.2) is 0 Å². The Morgan fingerprint density at radius 2 is 1.76 bits per heavy atom. The van der Waals surface area contributed by atoms with Crippen LogP contribution in [0.1, 0.15) is 86.8 Å². The van der Waals surface area contributed by atoms with E-state index in [1.807, 2.05) is 13.8 Å². The smallest absolute Gasteiger partial charge is 0.229 e. The molecule has 4 rings (SSSR count). The van der Waals surface area contributed by atoms with E-state index < -0.39 is 11.6 Å². The summed E-state index contributed by atoms with van der Waals surface area (Å²) in [6, 6.07) is 3.10. The van der Waals surface area contributed by atoms with Crippen molar-refractivity contribution in [2.45, 2.75) is 45.4 Å². The number of furan rings is 1. The predicted molar refractivity (Wildman–Crippen MR) is 89.6 cm³/mol. The van der Waals surface area contributed by atoms with Crippen LogP contribution < -0.4 is 0 Å². The highest BCUT2D eigenvalue weighted by Gasteiger charge is 2.41. The van der Waals surface area contributed by atoms with Crippen LogP contribution in [-0.4, -0.2) is 22.5 Å². The van der Waals surface area contributed by atoms with Crippen molar-refractivity contribution < 1.29 is 23.9 Å². The molecule has 2 aliphatic carbocycles. The molecule has 0 atom stereocenters. The molecule has 1 N–H and O–H groups in total. The van der Waals surface area contributed by atoms with Gasteiger partial charge in [-0.1, -0.05) is 13.8 Å². The molecule has 1 aromatic carbocycles. The van der Waals surface area contributed by atoms with Gasteiger partial charge >= 0.3 is 0 Å². The van der Waals surface area contributed by atoms with E-state index in [2.05, 4.69) is 0 Å². The Balaban J connectivity index is 2.07. The first-order valence-corrected chi connectivity index (χ1v) is 8.36. The van der Waals surface area contributed by atoms with Crippen LogP contribution in [0.2, 0.25) is 0 Å². The summed E-state index contributed by atoms with van der Waals surface area (Å²) in [5.74, 6) is -0.991. The summed E-state index contributed by atoms with van der Waals surface area (Å²) < 4.78 is 5.41. The van der Waals surface area contributed by atoms with Crippen molar-refractivity contribution in [3.05, 3.63) is 51.5 Å². The number of carbonyl (C=O) groups is 3. The second-order valence-electron chi connectivity index (χ2n) is 7.49. The van der Waals surface area contributed by atoms with E-state index in [0.29, 0.717) is 24.2 Å². The maximum atomic E-state index is 12.8. The maximum absolute atomic E-state index is 12.8. The highest BCUT2D eigenvalue weighted by molar-refractivity contribution is 6.29. The number of aryl methyl sites for hydroxylation is 1. The third-order valence-corrected chi connectivity index (χ3v) is 5.29. The number of fused-ring (bicyclic) bond motifs is 3. The maximum Gasteiger partial charge on any atom is 0.229 e. The summed E-state index contributed by atoms with van der Waals surface area (Å²) in [4.78, 5) is 38.2. The molecule has 25 heavy (non-hydrogen) atoms. The fourth-order valence-corrected chi connectivity index (χ4v) is 3.95. The molecule has 128 valence electrons. The third-order valence-electron chi connectivity index (χ3n) is 5.29. The minimum absolute atomic E-state index is 0.00658. The van der Waals surface area contributed by atoms with E-state index in [0.717, 1.165) is 6.42 Å². The molecule has 1 aromatic heterocycles. The van der Waals surface area contributed by atoms with E-state index in [1.54, 1.807) is 13.0 Å². The van der Waals surface area contributed by atoms with E-state index in [1.165, 1.54) is 6.07 Å². The molecule has 0 spiro atoms. The Kier molecular flexibility index (Phi) is 3.11. The number of benzene rings is 1. The van der Waals surface area contributed by atoms with Gasteiger partial charge in [0, 0.05) is 12.0 Å². The normalized spacial score (nSPS) is 18.4. The molecular formula is C20H18O5. The zero-order valence-corrected chi connectivity index (χ0v) is 14.4. The van der Waals surface area contributed by atoms with Crippen molar-refractivity contribution >= 4 is 17.3 Å². The minimum Gasteiger partial charge on any atom is -0.506 e. The monoisotopic (exact) mass is 338 g/mol. The van der Waals surface area contributed by atoms with Gasteiger partial charge in [-0.2, -0.15) is 0 Å². The molecule has 2 aromatic rings. The molecule has 0 fully saturated rings. The number of phenols is 1. The van der Waals surface area contributed by atoms with Crippen LogP contribution in [0.5, 0.6) is 5.75 Å². The SMILES string of the molecule is Cc1cc2c(o1)C(=O)c1cc3c(c(O)c1C2=O)C(=O)CCCC3(C)C. The molecule has 0 aliphatic heterocycles. The molecule has 0 saturated carbocycles. The second-order valence-corrected chi connectivity index (χ2v) is 7.49. The Morgan fingerprint density at radius 3 is 2.48 bits per heavy atom. The van der Waals surface area contributed by atoms with E-state index in [-0.39, 0.29) is 45.0 Å². The summed E-state index contributed by atoms with van der Waals surface area (Å²) in [5.41, 5.74) is 0.612. The van der Waals surface area contributed by atoms with Crippen molar-refractivity contribution in [1.82, 2.24) is 0 Å². The van der Waals surface area contributed by atoms with Gasteiger partial charge in [-0.15, -0.1) is 0 Å². The van der Waals surface area contributed by atoms with Crippen LogP contribution in [0.3, 0.4) is 0 Å². The fourth-order valence-electron chi connectivity index (χ4n) is 3.95. The minimum atomic E-state index is -0.475. The van der Waals surface area contributed by atoms with Gasteiger partial charge in [0.15, 0.2) is 11.5 Å². The van der Waals surface area contributed by atoms with Gasteiger partial charge < -0.3 is 9.52 Å². The lowest BCUT2D eigenvalue weighted by atomic mass is 9.75. The number of ketones is 3. The molecule has 0 amide bonds. The van der Waals surface area contributed by atoms with Crippen LogP contribution >= 0.6 is 0 Å². The number of aromatic hydroxyl groups is 1. The van der Waals surface area contributed by atoms with Gasteiger partial charge in [0.1, 0.15) is 11.5 Å². The topological polar surface area (TPSA) is 84.6 Å². The summed E-state index contributed by atoms with van der Waals surface area (Å²) in [6.07, 6.45) is 1.78. The zero-order chi connectivity index (χ0) is 18.1. The van der Waals surface area contributed by atoms with Crippen molar-refractivity contribution in [2.75, 3.05) is 0 Å². The van der Waals surface area contributed by atoms with Crippen LogP contribution in [-0.2, 0) is 5.41 Å². The highest BCUT2D eigenvalue weighted by Crippen LogP contribution is 2.44. The number of hydrogen-bond acceptors (Lipinski definition) is 5. The summed E-state index contributed by atoms with van der Waals surface area (Å²) in [6.45, 7) is 5.62. The molecule has 0 radical (unpaired) electrons. The fraction of sp³-hybridized carbons (Fsp3) is 0.350. The first-order chi connectivity index (χ1) is 11.7. The van der Waals surface area contributed by atoms with E-state index >= 15 is 0 Å². The van der Waals surface area contributed by atoms with Gasteiger partial charge in [-0.05, 0) is 42.9 Å². The average Bonchev–Trinajstić information content (AvgIpc) is 2.88. The van der Waals surface area contributed by atoms with Crippen LogP contribution in [0.25, 0.3) is 0 Å². The summed E-state index contributed by atoms with van der Waals surface area (Å²) in [7, 11) is 0. The molecule has 0 bridgehead atoms. The quantitative estimate of drug-likeness (QED) is 0.632. The van der Waals surface area contributed by atoms with Gasteiger partial charge in [0.25, 0.3) is 0 Å². The molecule has 0 unspecified atom stereocenters. The van der Waals surface area contributed by atoms with Gasteiger partial charge in [-0.3, -0.25) is 14.4 Å². The first-order valence-electron chi connectivity index (χ1n) is 8.36. The lowest BCUT2D eigenvalue weighted by Gasteiger charge is -2.27. The predicted octanol–water partition coefficient (Wildman–Crippen LogP) is 3.71. The average molecular weight is 338 g/mol. The summed E-state index contributed by atoms with van der Waals surface area (Å²) >= 11 is 0. The first kappa shape index (κ1) is 15.8. The Bertz CT molecular complexity index is 974. The van der Waals surface area contributed by atoms with Gasteiger partial charge in [0.2, 0.25) is 11.6 Å². The molecule has 2 aliphatic rings. The second kappa shape index (κ2) is 4.91. The standard InChI is InChI=1S/C20H18O5/c1-9-7-11-16(22)14-10(17(23)19(11)25-9)8-12-15(18(14)24)13(21)5-4-6-20(12,2)3/h7-8,24H,4-6H2,1-3H3. The number of Topliss-reactive ketones (excluding diaryl/α,β-unsaturated/α-hetero) is 1. The van der Waals surface area contributed by atoms with Gasteiger partial charge in [0.05, 0.1) is 16.7 Å². The summed E-state index contributed by atoms with van der Waals surface area (Å²) in [5, 5.41) is 10.8. The largest absolute Gasteiger partial charge is 0.506 e. The van der Waals surface area contributed by atoms with E-state index in [9.17, 15) is 19.5 Å². The van der Waals surface area contributed by atoms with Crippen molar-refractivity contribution in [2.24, 2.45) is 0 Å². The van der Waals surface area contributed by atoms with Crippen molar-refractivity contribution in [1.29, 1.82) is 0 Å². The lowest BCUT2D eigenvalue weighted by Crippen LogP contribution is -2.24. The van der Waals surface area contributed by atoms with Crippen LogP contribution in [0, 0.1) is 6.92 Å². The van der Waals surface area contributed by atoms with Crippen LogP contribution in [0.15, 0.2) is 16.5 Å². The number of carbonyl (C=O) groups excluding carboxylic acids is 3. The molecule has 0 saturated heterocycles. The molecule has 5 heteroatoms. The Labute approximate surface area is 144 Å². The number of rotatable bonds is 0. The Hall–Kier alpha value is -2.69. The highest BCUT2D eigenvalue weighted by atomic mass is 16.3. The van der Waals surface area contributed by atoms with Crippen LogP contribution in [0.4, 0.5) is 0 Å². The molecule has 5 nitrogen and oxygen atoms in total. The zero-order valence-electron chi connectivity index (χ0n) is 14.4. The van der Waals surface area contributed by atoms with E-state index in [4.69, 9.17) is 4.42 Å². The third kappa shape index (κ3) is 2.05.